The van der Waals surface area contributed by atoms with Crippen molar-refractivity contribution in [1.29, 1.82) is 0 Å². The Labute approximate surface area is 288 Å². The summed E-state index contributed by atoms with van der Waals surface area (Å²) in [6, 6.07) is 30.2. The largest absolute Gasteiger partial charge is 0.489 e. The van der Waals surface area contributed by atoms with Crippen molar-refractivity contribution in [3.63, 3.8) is 0 Å². The maximum Gasteiger partial charge on any atom is 0.330 e. The first-order valence-electron chi connectivity index (χ1n) is 15.6. The third-order valence-electron chi connectivity index (χ3n) is 7.03. The van der Waals surface area contributed by atoms with Crippen LogP contribution in [-0.4, -0.2) is 31.4 Å². The SMILES string of the molecule is C=CC(=O)OCCCCSc1ccc(C#Cc2ccc(COc3ccc(C#Cc4ccc(/C=C/CC(=O)OC)cc4)cc3C)cc2)cc1. The average Bonchev–Trinajstić information content (AvgIpc) is 3.12. The molecule has 0 amide bonds. The molecular weight excluding hydrogens is 617 g/mol. The van der Waals surface area contributed by atoms with Gasteiger partial charge in [0.15, 0.2) is 0 Å². The van der Waals surface area contributed by atoms with Crippen LogP contribution in [0.4, 0.5) is 0 Å². The van der Waals surface area contributed by atoms with Gasteiger partial charge in [0.25, 0.3) is 0 Å². The van der Waals surface area contributed by atoms with E-state index < -0.39 is 0 Å². The molecule has 48 heavy (non-hydrogen) atoms. The molecule has 0 N–H and O–H groups in total. The minimum Gasteiger partial charge on any atom is -0.489 e. The Morgan fingerprint density at radius 2 is 1.40 bits per heavy atom. The van der Waals surface area contributed by atoms with Gasteiger partial charge in [-0.05, 0) is 109 Å². The second-order valence-electron chi connectivity index (χ2n) is 10.7. The predicted octanol–water partition coefficient (Wildman–Crippen LogP) is 8.55. The van der Waals surface area contributed by atoms with Crippen LogP contribution in [0.1, 0.15) is 58.2 Å². The maximum atomic E-state index is 11.2. The smallest absolute Gasteiger partial charge is 0.330 e. The number of esters is 2. The molecule has 0 saturated carbocycles. The minimum absolute atomic E-state index is 0.249. The van der Waals surface area contributed by atoms with Gasteiger partial charge >= 0.3 is 11.9 Å². The number of unbranched alkanes of at least 4 members (excludes halogenated alkanes) is 1. The van der Waals surface area contributed by atoms with Crippen LogP contribution in [0, 0.1) is 30.6 Å². The van der Waals surface area contributed by atoms with Crippen LogP contribution < -0.4 is 4.74 Å². The Hall–Kier alpha value is -5.43. The molecule has 6 heteroatoms. The summed E-state index contributed by atoms with van der Waals surface area (Å²) in [5.41, 5.74) is 6.81. The standard InChI is InChI=1S/C42H38O5S/c1-4-41(43)46-28-5-6-29-48-39-25-22-36(23-26-39)15-14-35-17-20-38(21-18-35)31-47-40-27-24-37(30-32(40)2)19-16-34-12-10-33(11-13-34)8-7-9-42(44)45-3/h4,7-8,10-13,17-18,20-27,30H,1,5-6,9,28-29,31H2,2-3H3/b8-7+. The van der Waals surface area contributed by atoms with Crippen molar-refractivity contribution >= 4 is 29.8 Å². The van der Waals surface area contributed by atoms with E-state index >= 15 is 0 Å². The number of rotatable bonds is 13. The van der Waals surface area contributed by atoms with Gasteiger partial charge < -0.3 is 14.2 Å². The molecule has 0 atom stereocenters. The van der Waals surface area contributed by atoms with E-state index in [1.165, 1.54) is 18.1 Å². The number of carbonyl (C=O) groups excluding carboxylic acids is 2. The third-order valence-corrected chi connectivity index (χ3v) is 8.13. The van der Waals surface area contributed by atoms with E-state index in [9.17, 15) is 9.59 Å². The van der Waals surface area contributed by atoms with Crippen LogP contribution in [0.25, 0.3) is 6.08 Å². The zero-order valence-electron chi connectivity index (χ0n) is 27.3. The first kappa shape index (κ1) is 35.4. The van der Waals surface area contributed by atoms with Gasteiger partial charge in [-0.3, -0.25) is 4.79 Å². The van der Waals surface area contributed by atoms with Crippen LogP contribution in [0.3, 0.4) is 0 Å². The molecule has 0 aliphatic rings. The fourth-order valence-electron chi connectivity index (χ4n) is 4.34. The summed E-state index contributed by atoms with van der Waals surface area (Å²) < 4.78 is 15.7. The molecule has 0 fully saturated rings. The molecule has 4 aromatic carbocycles. The van der Waals surface area contributed by atoms with Gasteiger partial charge in [-0.15, -0.1) is 11.8 Å². The molecule has 0 saturated heterocycles. The molecule has 0 bridgehead atoms. The van der Waals surface area contributed by atoms with Crippen molar-refractivity contribution in [2.75, 3.05) is 19.5 Å². The maximum absolute atomic E-state index is 11.2. The zero-order valence-corrected chi connectivity index (χ0v) is 28.1. The summed E-state index contributed by atoms with van der Waals surface area (Å²) in [6.07, 6.45) is 6.92. The van der Waals surface area contributed by atoms with Crippen molar-refractivity contribution in [1.82, 2.24) is 0 Å². The molecule has 0 aliphatic carbocycles. The van der Waals surface area contributed by atoms with Crippen LogP contribution >= 0.6 is 11.8 Å². The fraction of sp³-hybridized carbons (Fsp3) is 0.190. The Balaban J connectivity index is 1.22. The van der Waals surface area contributed by atoms with Gasteiger partial charge in [0.1, 0.15) is 12.4 Å². The molecule has 4 rings (SSSR count). The summed E-state index contributed by atoms with van der Waals surface area (Å²) in [5, 5.41) is 0. The molecule has 0 radical (unpaired) electrons. The lowest BCUT2D eigenvalue weighted by molar-refractivity contribution is -0.139. The van der Waals surface area contributed by atoms with Crippen LogP contribution in [0.5, 0.6) is 5.75 Å². The highest BCUT2D eigenvalue weighted by atomic mass is 32.2. The van der Waals surface area contributed by atoms with Crippen molar-refractivity contribution in [2.45, 2.75) is 37.7 Å². The van der Waals surface area contributed by atoms with E-state index in [4.69, 9.17) is 9.47 Å². The van der Waals surface area contributed by atoms with E-state index in [1.807, 2.05) is 91.9 Å². The second-order valence-corrected chi connectivity index (χ2v) is 11.9. The van der Waals surface area contributed by atoms with Gasteiger partial charge in [0.2, 0.25) is 0 Å². The summed E-state index contributed by atoms with van der Waals surface area (Å²) in [6.45, 7) is 6.30. The normalized spacial score (nSPS) is 10.3. The Bertz CT molecular complexity index is 1830. The average molecular weight is 655 g/mol. The van der Waals surface area contributed by atoms with Gasteiger partial charge in [0, 0.05) is 33.2 Å². The highest BCUT2D eigenvalue weighted by Gasteiger charge is 2.03. The molecule has 242 valence electrons. The molecule has 0 aliphatic heterocycles. The Kier molecular flexibility index (Phi) is 14.2. The van der Waals surface area contributed by atoms with E-state index in [0.29, 0.717) is 13.2 Å². The molecule has 0 unspecified atom stereocenters. The molecular formula is C42H38O5S. The van der Waals surface area contributed by atoms with E-state index in [1.54, 1.807) is 17.8 Å². The lowest BCUT2D eigenvalue weighted by Gasteiger charge is -2.09. The quantitative estimate of drug-likeness (QED) is 0.0474. The first-order chi connectivity index (χ1) is 23.4. The monoisotopic (exact) mass is 654 g/mol. The fourth-order valence-corrected chi connectivity index (χ4v) is 5.25. The summed E-state index contributed by atoms with van der Waals surface area (Å²) >= 11 is 1.78. The molecule has 0 heterocycles. The number of benzene rings is 4. The highest BCUT2D eigenvalue weighted by Crippen LogP contribution is 2.21. The van der Waals surface area contributed by atoms with Crippen LogP contribution in [0.15, 0.2) is 115 Å². The third kappa shape index (κ3) is 12.4. The van der Waals surface area contributed by atoms with E-state index in [0.717, 1.165) is 63.3 Å². The van der Waals surface area contributed by atoms with Gasteiger partial charge in [-0.2, -0.15) is 0 Å². The lowest BCUT2D eigenvalue weighted by atomic mass is 10.1. The van der Waals surface area contributed by atoms with Gasteiger partial charge in [-0.25, -0.2) is 4.79 Å². The lowest BCUT2D eigenvalue weighted by Crippen LogP contribution is -2.01. The molecule has 0 spiro atoms. The summed E-state index contributed by atoms with van der Waals surface area (Å²) in [5.74, 6) is 14.1. The number of hydrogen-bond acceptors (Lipinski definition) is 6. The van der Waals surface area contributed by atoms with Crippen molar-refractivity contribution in [2.24, 2.45) is 0 Å². The van der Waals surface area contributed by atoms with Gasteiger partial charge in [-0.1, -0.05) is 66.7 Å². The zero-order chi connectivity index (χ0) is 34.0. The molecule has 0 aromatic heterocycles. The Morgan fingerprint density at radius 3 is 2.02 bits per heavy atom. The minimum atomic E-state index is -0.370. The number of ether oxygens (including phenoxy) is 3. The first-order valence-corrected chi connectivity index (χ1v) is 16.6. The van der Waals surface area contributed by atoms with Crippen molar-refractivity contribution in [3.05, 3.63) is 149 Å². The number of hydrogen-bond donors (Lipinski definition) is 0. The topological polar surface area (TPSA) is 61.8 Å². The van der Waals surface area contributed by atoms with Crippen LogP contribution in [0.2, 0.25) is 0 Å². The predicted molar refractivity (Wildman–Crippen MR) is 194 cm³/mol. The van der Waals surface area contributed by atoms with E-state index in [-0.39, 0.29) is 18.4 Å². The number of aryl methyl sites for hydroxylation is 1. The number of thioether (sulfide) groups is 1. The summed E-state index contributed by atoms with van der Waals surface area (Å²) in [7, 11) is 1.38. The molecule has 4 aromatic rings. The van der Waals surface area contributed by atoms with Crippen LogP contribution in [-0.2, 0) is 25.7 Å². The second kappa shape index (κ2) is 19.3. The van der Waals surface area contributed by atoms with Gasteiger partial charge in [0.05, 0.1) is 20.1 Å². The molecule has 5 nitrogen and oxygen atoms in total. The summed E-state index contributed by atoms with van der Waals surface area (Å²) in [4.78, 5) is 23.5. The Morgan fingerprint density at radius 1 is 0.792 bits per heavy atom. The number of carbonyl (C=O) groups is 2. The van der Waals surface area contributed by atoms with Crippen molar-refractivity contribution in [3.8, 4) is 29.4 Å². The highest BCUT2D eigenvalue weighted by molar-refractivity contribution is 7.99. The van der Waals surface area contributed by atoms with E-state index in [2.05, 4.69) is 47.1 Å². The number of methoxy groups -OCH3 is 1. The van der Waals surface area contributed by atoms with Crippen molar-refractivity contribution < 1.29 is 23.8 Å².